The first-order valence-corrected chi connectivity index (χ1v) is 7.28. The van der Waals surface area contributed by atoms with Gasteiger partial charge in [-0.1, -0.05) is 0 Å². The summed E-state index contributed by atoms with van der Waals surface area (Å²) < 4.78 is 0. The summed E-state index contributed by atoms with van der Waals surface area (Å²) in [5.41, 5.74) is 0. The molecule has 0 aliphatic heterocycles. The lowest BCUT2D eigenvalue weighted by molar-refractivity contribution is -0.120. The molecule has 0 saturated heterocycles. The first-order valence-electron chi connectivity index (χ1n) is 6.46. The zero-order valence-corrected chi connectivity index (χ0v) is 12.1. The molecule has 19 heavy (non-hydrogen) atoms. The Bertz CT molecular complexity index is 465. The van der Waals surface area contributed by atoms with Crippen molar-refractivity contribution in [1.29, 1.82) is 0 Å². The van der Waals surface area contributed by atoms with E-state index in [1.807, 2.05) is 0 Å². The molecule has 0 radical (unpaired) electrons. The zero-order valence-electron chi connectivity index (χ0n) is 11.3. The number of carbonyl (C=O) groups is 1. The zero-order chi connectivity index (χ0) is 13.7. The first kappa shape index (κ1) is 13.9. The molecule has 104 valence electrons. The van der Waals surface area contributed by atoms with Gasteiger partial charge >= 0.3 is 0 Å². The van der Waals surface area contributed by atoms with Crippen LogP contribution in [0.1, 0.15) is 22.6 Å². The molecule has 6 heteroatoms. The Balaban J connectivity index is 1.69. The van der Waals surface area contributed by atoms with Crippen LogP contribution in [0.4, 0.5) is 0 Å². The van der Waals surface area contributed by atoms with Crippen molar-refractivity contribution < 1.29 is 4.79 Å². The number of rotatable bonds is 5. The number of carbonyl (C=O) groups excluding carboxylic acids is 1. The average molecular weight is 280 g/mol. The fourth-order valence-electron chi connectivity index (χ4n) is 1.64. The van der Waals surface area contributed by atoms with E-state index in [0.717, 1.165) is 19.4 Å². The smallest absolute Gasteiger partial charge is 0.239 e. The van der Waals surface area contributed by atoms with E-state index >= 15 is 0 Å². The third-order valence-corrected chi connectivity index (χ3v) is 3.81. The third kappa shape index (κ3) is 4.90. The highest BCUT2D eigenvalue weighted by Crippen LogP contribution is 2.18. The summed E-state index contributed by atoms with van der Waals surface area (Å²) >= 11 is 1.76. The van der Waals surface area contributed by atoms with Crippen LogP contribution >= 0.6 is 11.3 Å². The topological polar surface area (TPSA) is 65.5 Å². The summed E-state index contributed by atoms with van der Waals surface area (Å²) in [5.74, 6) is 0.675. The standard InChI is InChI=1S/C13H20N4OS/c1-9-3-6-11(19-9)7-15-13(14-2)16-8-12(18)17-10-4-5-10/h3,6,10H,4-5,7-8H2,1-2H3,(H,17,18)(H2,14,15,16). The molecule has 2 rings (SSSR count). The van der Waals surface area contributed by atoms with E-state index < -0.39 is 0 Å². The minimum absolute atomic E-state index is 0.0254. The molecule has 1 aliphatic rings. The first-order chi connectivity index (χ1) is 9.17. The van der Waals surface area contributed by atoms with Gasteiger partial charge in [0.15, 0.2) is 5.96 Å². The van der Waals surface area contributed by atoms with Crippen molar-refractivity contribution in [3.05, 3.63) is 21.9 Å². The van der Waals surface area contributed by atoms with Gasteiger partial charge in [-0.3, -0.25) is 9.79 Å². The van der Waals surface area contributed by atoms with Crippen molar-refractivity contribution in [1.82, 2.24) is 16.0 Å². The molecule has 0 atom stereocenters. The number of aliphatic imine (C=N–C) groups is 1. The minimum atomic E-state index is 0.0254. The van der Waals surface area contributed by atoms with Crippen LogP contribution in [-0.2, 0) is 11.3 Å². The summed E-state index contributed by atoms with van der Waals surface area (Å²) in [7, 11) is 1.70. The van der Waals surface area contributed by atoms with Gasteiger partial charge in [0.05, 0.1) is 13.1 Å². The maximum atomic E-state index is 11.5. The van der Waals surface area contributed by atoms with Crippen molar-refractivity contribution in [3.63, 3.8) is 0 Å². The van der Waals surface area contributed by atoms with E-state index in [1.54, 1.807) is 18.4 Å². The van der Waals surface area contributed by atoms with Crippen LogP contribution in [0.3, 0.4) is 0 Å². The average Bonchev–Trinajstić information content (AvgIpc) is 3.10. The normalized spacial score (nSPS) is 15.2. The van der Waals surface area contributed by atoms with Gasteiger partial charge in [-0.15, -0.1) is 11.3 Å². The molecule has 1 aromatic heterocycles. The Labute approximate surface area is 117 Å². The van der Waals surface area contributed by atoms with Crippen molar-refractivity contribution in [2.75, 3.05) is 13.6 Å². The number of amides is 1. The van der Waals surface area contributed by atoms with Gasteiger partial charge in [-0.05, 0) is 31.9 Å². The molecule has 1 fully saturated rings. The molecule has 1 saturated carbocycles. The molecule has 3 N–H and O–H groups in total. The lowest BCUT2D eigenvalue weighted by Gasteiger charge is -2.11. The summed E-state index contributed by atoms with van der Waals surface area (Å²) in [5, 5.41) is 9.13. The monoisotopic (exact) mass is 280 g/mol. The van der Waals surface area contributed by atoms with Crippen LogP contribution in [-0.4, -0.2) is 31.5 Å². The SMILES string of the molecule is CN=C(NCC(=O)NC1CC1)NCc1ccc(C)s1. The second kappa shape index (κ2) is 6.56. The lowest BCUT2D eigenvalue weighted by atomic mass is 10.4. The van der Waals surface area contributed by atoms with Gasteiger partial charge in [-0.25, -0.2) is 0 Å². The molecule has 0 aromatic carbocycles. The second-order valence-electron chi connectivity index (χ2n) is 4.63. The molecule has 5 nitrogen and oxygen atoms in total. The highest BCUT2D eigenvalue weighted by Gasteiger charge is 2.22. The Morgan fingerprint density at radius 1 is 1.42 bits per heavy atom. The predicted octanol–water partition coefficient (Wildman–Crippen LogP) is 1.00. The fourth-order valence-corrected chi connectivity index (χ4v) is 2.47. The van der Waals surface area contributed by atoms with Gasteiger partial charge in [0.2, 0.25) is 5.91 Å². The van der Waals surface area contributed by atoms with Gasteiger partial charge in [0.25, 0.3) is 0 Å². The van der Waals surface area contributed by atoms with Crippen molar-refractivity contribution >= 4 is 23.2 Å². The number of guanidine groups is 1. The second-order valence-corrected chi connectivity index (χ2v) is 6.01. The maximum Gasteiger partial charge on any atom is 0.239 e. The van der Waals surface area contributed by atoms with Crippen LogP contribution in [0.25, 0.3) is 0 Å². The van der Waals surface area contributed by atoms with Gasteiger partial charge in [-0.2, -0.15) is 0 Å². The number of thiophene rings is 1. The number of nitrogens with one attached hydrogen (secondary N) is 3. The summed E-state index contributed by atoms with van der Waals surface area (Å²) in [6.45, 7) is 3.07. The van der Waals surface area contributed by atoms with Crippen molar-refractivity contribution in [2.24, 2.45) is 4.99 Å². The minimum Gasteiger partial charge on any atom is -0.352 e. The fraction of sp³-hybridized carbons (Fsp3) is 0.538. The Morgan fingerprint density at radius 2 is 2.21 bits per heavy atom. The number of nitrogens with zero attached hydrogens (tertiary/aromatic N) is 1. The number of hydrogen-bond donors (Lipinski definition) is 3. The largest absolute Gasteiger partial charge is 0.352 e. The molecule has 1 heterocycles. The third-order valence-electron chi connectivity index (χ3n) is 2.81. The molecule has 1 aromatic rings. The molecule has 1 aliphatic carbocycles. The number of aryl methyl sites for hydroxylation is 1. The van der Waals surface area contributed by atoms with Gasteiger partial charge in [0.1, 0.15) is 0 Å². The van der Waals surface area contributed by atoms with Crippen molar-refractivity contribution in [2.45, 2.75) is 32.4 Å². The van der Waals surface area contributed by atoms with Crippen LogP contribution in [0.2, 0.25) is 0 Å². The maximum absolute atomic E-state index is 11.5. The van der Waals surface area contributed by atoms with E-state index in [2.05, 4.69) is 40.0 Å². The molecular weight excluding hydrogens is 260 g/mol. The van der Waals surface area contributed by atoms with E-state index in [4.69, 9.17) is 0 Å². The molecular formula is C13H20N4OS. The molecule has 1 amide bonds. The van der Waals surface area contributed by atoms with E-state index in [0.29, 0.717) is 12.0 Å². The van der Waals surface area contributed by atoms with Crippen LogP contribution in [0.15, 0.2) is 17.1 Å². The summed E-state index contributed by atoms with van der Waals surface area (Å²) in [6, 6.07) is 4.60. The molecule has 0 spiro atoms. The highest BCUT2D eigenvalue weighted by atomic mass is 32.1. The van der Waals surface area contributed by atoms with Gasteiger partial charge in [0, 0.05) is 22.8 Å². The van der Waals surface area contributed by atoms with Crippen molar-refractivity contribution in [3.8, 4) is 0 Å². The van der Waals surface area contributed by atoms with Gasteiger partial charge < -0.3 is 16.0 Å². The summed E-state index contributed by atoms with van der Waals surface area (Å²) in [4.78, 5) is 18.2. The van der Waals surface area contributed by atoms with E-state index in [1.165, 1.54) is 9.75 Å². The lowest BCUT2D eigenvalue weighted by Crippen LogP contribution is -2.43. The quantitative estimate of drug-likeness (QED) is 0.557. The van der Waals surface area contributed by atoms with Crippen LogP contribution < -0.4 is 16.0 Å². The molecule has 0 unspecified atom stereocenters. The Hall–Kier alpha value is -1.56. The Morgan fingerprint density at radius 3 is 2.79 bits per heavy atom. The van der Waals surface area contributed by atoms with Crippen LogP contribution in [0.5, 0.6) is 0 Å². The predicted molar refractivity (Wildman–Crippen MR) is 78.4 cm³/mol. The summed E-state index contributed by atoms with van der Waals surface area (Å²) in [6.07, 6.45) is 2.22. The highest BCUT2D eigenvalue weighted by molar-refractivity contribution is 7.11. The molecule has 0 bridgehead atoms. The number of hydrogen-bond acceptors (Lipinski definition) is 3. The van der Waals surface area contributed by atoms with Crippen LogP contribution in [0, 0.1) is 6.92 Å². The Kier molecular flexibility index (Phi) is 4.79. The van der Waals surface area contributed by atoms with E-state index in [9.17, 15) is 4.79 Å². The van der Waals surface area contributed by atoms with E-state index in [-0.39, 0.29) is 12.5 Å².